The fraction of sp³-hybridized carbons (Fsp3) is 0.283. The number of imidazole rings is 1. The maximum absolute atomic E-state index is 11.9. The van der Waals surface area contributed by atoms with Gasteiger partial charge >= 0.3 is 0 Å². The Morgan fingerprint density at radius 2 is 1.41 bits per heavy atom. The maximum Gasteiger partial charge on any atom is 0.149 e. The van der Waals surface area contributed by atoms with E-state index in [0.717, 1.165) is 66.3 Å². The number of furan rings is 1. The average Bonchev–Trinajstić information content (AvgIpc) is 3.90. The third kappa shape index (κ3) is 7.61. The van der Waals surface area contributed by atoms with Crippen LogP contribution >= 0.6 is 11.3 Å². The van der Waals surface area contributed by atoms with Crippen molar-refractivity contribution >= 4 is 55.9 Å². The standard InChI is InChI=1S/C53H54N3O2SSi.Pt/c1-51(2,3)33-21-24-40(36(27-33)52(4,5)6)56-30-39(55-50(56)35-23-22-34(28-41(35)57)60(10,11)12)49-46(31-17-14-13-15-18-31)37(53(7,8)9)29-38(54-49)32-25-43-48-45(26-32)59-44-20-16-19-42(58-43)47(44)48;/h13-25,27-30,57H,1-12H3;/q-1;. The third-order valence-electron chi connectivity index (χ3n) is 11.8. The van der Waals surface area contributed by atoms with Crippen LogP contribution in [0.25, 0.3) is 82.2 Å². The van der Waals surface area contributed by atoms with Gasteiger partial charge in [-0.25, -0.2) is 4.98 Å². The van der Waals surface area contributed by atoms with Crippen molar-refractivity contribution in [2.45, 2.75) is 98.2 Å². The number of aromatic hydroxyl groups is 1. The first-order valence-electron chi connectivity index (χ1n) is 21.0. The number of rotatable bonds is 6. The summed E-state index contributed by atoms with van der Waals surface area (Å²) in [6.07, 6.45) is 2.14. The normalized spacial score (nSPS) is 12.9. The predicted octanol–water partition coefficient (Wildman–Crippen LogP) is 14.4. The molecule has 4 heterocycles. The molecule has 0 saturated heterocycles. The van der Waals surface area contributed by atoms with Crippen LogP contribution in [0, 0.1) is 6.07 Å². The van der Waals surface area contributed by atoms with Gasteiger partial charge in [0.2, 0.25) is 0 Å². The fourth-order valence-electron chi connectivity index (χ4n) is 8.45. The molecule has 61 heavy (non-hydrogen) atoms. The summed E-state index contributed by atoms with van der Waals surface area (Å²) in [5.41, 5.74) is 11.8. The first-order chi connectivity index (χ1) is 28.2. The van der Waals surface area contributed by atoms with Crippen LogP contribution in [-0.2, 0) is 37.3 Å². The Labute approximate surface area is 379 Å². The van der Waals surface area contributed by atoms with Crippen molar-refractivity contribution in [3.63, 3.8) is 0 Å². The van der Waals surface area contributed by atoms with E-state index >= 15 is 0 Å². The van der Waals surface area contributed by atoms with Crippen molar-refractivity contribution < 1.29 is 30.6 Å². The van der Waals surface area contributed by atoms with E-state index in [9.17, 15) is 5.11 Å². The maximum atomic E-state index is 11.9. The molecule has 0 fully saturated rings. The molecule has 0 amide bonds. The molecule has 9 rings (SSSR count). The molecule has 0 radical (unpaired) electrons. The van der Waals surface area contributed by atoms with Gasteiger partial charge in [-0.2, -0.15) is 11.3 Å². The molecule has 0 aliphatic heterocycles. The van der Waals surface area contributed by atoms with Crippen LogP contribution in [0.4, 0.5) is 0 Å². The van der Waals surface area contributed by atoms with E-state index in [2.05, 4.69) is 184 Å². The molecule has 0 bridgehead atoms. The number of phenols is 1. The molecule has 1 N–H and O–H groups in total. The van der Waals surface area contributed by atoms with Gasteiger partial charge in [-0.1, -0.05) is 154 Å². The molecule has 0 spiro atoms. The smallest absolute Gasteiger partial charge is 0.149 e. The minimum absolute atomic E-state index is 0. The minimum atomic E-state index is -1.72. The molecule has 0 saturated carbocycles. The summed E-state index contributed by atoms with van der Waals surface area (Å²) >= 11 is 1.75. The van der Waals surface area contributed by atoms with Gasteiger partial charge in [0, 0.05) is 42.9 Å². The van der Waals surface area contributed by atoms with Crippen LogP contribution in [0.1, 0.15) is 79.0 Å². The quantitative estimate of drug-likeness (QED) is 0.133. The number of nitrogens with zero attached hydrogens (tertiary/aromatic N) is 3. The van der Waals surface area contributed by atoms with Crippen molar-refractivity contribution in [1.29, 1.82) is 0 Å². The van der Waals surface area contributed by atoms with Crippen LogP contribution in [0.15, 0.2) is 108 Å². The summed E-state index contributed by atoms with van der Waals surface area (Å²) < 4.78 is 10.9. The van der Waals surface area contributed by atoms with E-state index in [1.165, 1.54) is 26.4 Å². The zero-order chi connectivity index (χ0) is 42.7. The van der Waals surface area contributed by atoms with Crippen molar-refractivity contribution in [2.24, 2.45) is 0 Å². The van der Waals surface area contributed by atoms with Crippen LogP contribution in [0.3, 0.4) is 0 Å². The van der Waals surface area contributed by atoms with E-state index in [1.54, 1.807) is 11.3 Å². The van der Waals surface area contributed by atoms with Crippen molar-refractivity contribution in [3.05, 3.63) is 126 Å². The second-order valence-electron chi connectivity index (χ2n) is 20.5. The van der Waals surface area contributed by atoms with Crippen molar-refractivity contribution in [1.82, 2.24) is 14.5 Å². The largest absolute Gasteiger partial charge is 0.507 e. The molecule has 5 aromatic carbocycles. The van der Waals surface area contributed by atoms with Crippen molar-refractivity contribution in [3.8, 4) is 56.6 Å². The van der Waals surface area contributed by atoms with Gasteiger partial charge in [-0.05, 0) is 84.6 Å². The Morgan fingerprint density at radius 1 is 0.689 bits per heavy atom. The Kier molecular flexibility index (Phi) is 10.5. The number of phenolic OH excluding ortho intramolecular Hbond substituents is 1. The summed E-state index contributed by atoms with van der Waals surface area (Å²) in [6, 6.07) is 37.9. The number of benzene rings is 5. The monoisotopic (exact) mass is 1020 g/mol. The molecule has 0 atom stereocenters. The van der Waals surface area contributed by atoms with Crippen LogP contribution in [-0.4, -0.2) is 27.7 Å². The van der Waals surface area contributed by atoms with E-state index in [4.69, 9.17) is 14.4 Å². The average molecular weight is 1020 g/mol. The molecular weight excluding hydrogens is 966 g/mol. The molecule has 5 nitrogen and oxygen atoms in total. The molecule has 9 aromatic rings. The summed E-state index contributed by atoms with van der Waals surface area (Å²) in [7, 11) is -1.72. The topological polar surface area (TPSA) is 64.1 Å². The molecular formula is C53H54N3O2PtSSi-. The molecule has 0 aliphatic rings. The van der Waals surface area contributed by atoms with E-state index in [1.807, 2.05) is 12.1 Å². The van der Waals surface area contributed by atoms with E-state index in [0.29, 0.717) is 11.4 Å². The van der Waals surface area contributed by atoms with E-state index in [-0.39, 0.29) is 43.1 Å². The third-order valence-corrected chi connectivity index (χ3v) is 14.9. The predicted molar refractivity (Wildman–Crippen MR) is 257 cm³/mol. The van der Waals surface area contributed by atoms with Gasteiger partial charge in [0.05, 0.1) is 30.6 Å². The Hall–Kier alpha value is -4.81. The van der Waals surface area contributed by atoms with Gasteiger partial charge in [-0.3, -0.25) is 9.55 Å². The Morgan fingerprint density at radius 3 is 2.07 bits per heavy atom. The Bertz CT molecular complexity index is 3030. The van der Waals surface area contributed by atoms with Gasteiger partial charge in [0.1, 0.15) is 22.9 Å². The zero-order valence-corrected chi connectivity index (χ0v) is 41.3. The number of hydrogen-bond donors (Lipinski definition) is 1. The fourth-order valence-corrected chi connectivity index (χ4v) is 10.7. The SMILES string of the molecule is CC(C)(C)c1ccc(-n2cc(-c3nc(-c4[c-]c5sc6cccc7oc(c4)c5c76)cc(C(C)(C)C)c3-c3ccccc3)nc2-c2ccc([Si](C)(C)C)cc2O)c(C(C)(C)C)c1.[Pt]. The molecule has 8 heteroatoms. The van der Waals surface area contributed by atoms with Gasteiger partial charge < -0.3 is 9.52 Å². The first kappa shape index (κ1) is 42.9. The number of pyridine rings is 1. The zero-order valence-electron chi connectivity index (χ0n) is 37.2. The number of thiophene rings is 1. The van der Waals surface area contributed by atoms with Crippen LogP contribution < -0.4 is 5.19 Å². The van der Waals surface area contributed by atoms with Crippen LogP contribution in [0.5, 0.6) is 5.75 Å². The molecule has 4 aromatic heterocycles. The van der Waals surface area contributed by atoms with Crippen LogP contribution in [0.2, 0.25) is 19.6 Å². The van der Waals surface area contributed by atoms with Gasteiger partial charge in [0.25, 0.3) is 0 Å². The first-order valence-corrected chi connectivity index (χ1v) is 25.3. The van der Waals surface area contributed by atoms with E-state index < -0.39 is 8.07 Å². The van der Waals surface area contributed by atoms with Crippen molar-refractivity contribution in [2.75, 3.05) is 0 Å². The second-order valence-corrected chi connectivity index (χ2v) is 26.6. The summed E-state index contributed by atoms with van der Waals surface area (Å²) in [4.78, 5) is 11.2. The summed E-state index contributed by atoms with van der Waals surface area (Å²) in [6.45, 7) is 27.3. The van der Waals surface area contributed by atoms with Gasteiger partial charge in [0.15, 0.2) is 0 Å². The number of aromatic nitrogens is 3. The minimum Gasteiger partial charge on any atom is -0.507 e. The Balaban J connectivity index is 0.00000514. The molecule has 0 aliphatic carbocycles. The summed E-state index contributed by atoms with van der Waals surface area (Å²) in [5.74, 6) is 0.890. The van der Waals surface area contributed by atoms with Gasteiger partial charge in [-0.15, -0.1) is 11.6 Å². The molecule has 0 unspecified atom stereocenters. The molecule has 314 valence electrons. The number of hydrogen-bond acceptors (Lipinski definition) is 5. The second kappa shape index (κ2) is 14.9. The summed E-state index contributed by atoms with van der Waals surface area (Å²) in [5, 5.41) is 15.4.